The molecule has 0 unspecified atom stereocenters. The molecule has 0 fully saturated rings. The van der Waals surface area contributed by atoms with E-state index in [-0.39, 0.29) is 5.82 Å². The van der Waals surface area contributed by atoms with E-state index in [9.17, 15) is 4.39 Å². The highest BCUT2D eigenvalue weighted by atomic mass is 32.1. The van der Waals surface area contributed by atoms with Gasteiger partial charge in [-0.15, -0.1) is 11.3 Å². The molecule has 0 atom stereocenters. The van der Waals surface area contributed by atoms with Crippen molar-refractivity contribution in [2.45, 2.75) is 26.7 Å². The van der Waals surface area contributed by atoms with E-state index in [1.807, 2.05) is 25.1 Å². The van der Waals surface area contributed by atoms with Gasteiger partial charge in [-0.1, -0.05) is 13.3 Å². The Morgan fingerprint density at radius 3 is 2.67 bits per heavy atom. The highest BCUT2D eigenvalue weighted by Crippen LogP contribution is 2.31. The molecule has 0 radical (unpaired) electrons. The van der Waals surface area contributed by atoms with Gasteiger partial charge in [-0.3, -0.25) is 0 Å². The molecular weight excluding hydrogens is 247 g/mol. The molecule has 1 aromatic heterocycles. The van der Waals surface area contributed by atoms with Crippen LogP contribution in [-0.2, 0) is 0 Å². The maximum atomic E-state index is 14.0. The number of halogens is 1. The summed E-state index contributed by atoms with van der Waals surface area (Å²) in [6.07, 6.45) is 2.07. The molecule has 0 saturated carbocycles. The first kappa shape index (κ1) is 13.1. The second-order valence-corrected chi connectivity index (χ2v) is 5.54. The van der Waals surface area contributed by atoms with Gasteiger partial charge in [0.2, 0.25) is 0 Å². The SMILES string of the molecule is CCCCOc1ccc(-c2ccc(C)s2)c(F)c1. The van der Waals surface area contributed by atoms with Crippen molar-refractivity contribution < 1.29 is 9.13 Å². The molecule has 3 heteroatoms. The van der Waals surface area contributed by atoms with Crippen LogP contribution in [0, 0.1) is 12.7 Å². The first-order valence-electron chi connectivity index (χ1n) is 6.20. The van der Waals surface area contributed by atoms with Gasteiger partial charge in [0.15, 0.2) is 0 Å². The number of rotatable bonds is 5. The highest BCUT2D eigenvalue weighted by molar-refractivity contribution is 7.15. The second kappa shape index (κ2) is 6.01. The van der Waals surface area contributed by atoms with Crippen molar-refractivity contribution in [3.8, 4) is 16.2 Å². The summed E-state index contributed by atoms with van der Waals surface area (Å²) in [7, 11) is 0. The summed E-state index contributed by atoms with van der Waals surface area (Å²) in [6, 6.07) is 9.06. The van der Waals surface area contributed by atoms with Crippen molar-refractivity contribution in [1.82, 2.24) is 0 Å². The van der Waals surface area contributed by atoms with Gasteiger partial charge in [-0.25, -0.2) is 4.39 Å². The van der Waals surface area contributed by atoms with E-state index >= 15 is 0 Å². The Hall–Kier alpha value is -1.35. The number of hydrogen-bond acceptors (Lipinski definition) is 2. The molecule has 0 aliphatic carbocycles. The van der Waals surface area contributed by atoms with Crippen LogP contribution in [0.15, 0.2) is 30.3 Å². The Morgan fingerprint density at radius 2 is 2.06 bits per heavy atom. The molecule has 0 amide bonds. The van der Waals surface area contributed by atoms with Crippen LogP contribution in [0.25, 0.3) is 10.4 Å². The van der Waals surface area contributed by atoms with Crippen LogP contribution < -0.4 is 4.74 Å². The molecule has 2 rings (SSSR count). The molecule has 2 aromatic rings. The van der Waals surface area contributed by atoms with Crippen LogP contribution in [0.2, 0.25) is 0 Å². The highest BCUT2D eigenvalue weighted by Gasteiger charge is 2.08. The lowest BCUT2D eigenvalue weighted by Gasteiger charge is -2.07. The van der Waals surface area contributed by atoms with Crippen LogP contribution >= 0.6 is 11.3 Å². The van der Waals surface area contributed by atoms with E-state index in [1.165, 1.54) is 10.9 Å². The van der Waals surface area contributed by atoms with Gasteiger partial charge in [0.1, 0.15) is 11.6 Å². The van der Waals surface area contributed by atoms with Gasteiger partial charge >= 0.3 is 0 Å². The predicted octanol–water partition coefficient (Wildman–Crippen LogP) is 5.04. The average molecular weight is 264 g/mol. The van der Waals surface area contributed by atoms with Gasteiger partial charge in [0.25, 0.3) is 0 Å². The van der Waals surface area contributed by atoms with Crippen LogP contribution in [0.3, 0.4) is 0 Å². The van der Waals surface area contributed by atoms with Gasteiger partial charge in [-0.2, -0.15) is 0 Å². The number of benzene rings is 1. The summed E-state index contributed by atoms with van der Waals surface area (Å²) >= 11 is 1.60. The summed E-state index contributed by atoms with van der Waals surface area (Å²) in [5, 5.41) is 0. The lowest BCUT2D eigenvalue weighted by molar-refractivity contribution is 0.308. The Kier molecular flexibility index (Phi) is 4.37. The summed E-state index contributed by atoms with van der Waals surface area (Å²) in [5.74, 6) is 0.392. The van der Waals surface area contributed by atoms with E-state index in [4.69, 9.17) is 4.74 Å². The summed E-state index contributed by atoms with van der Waals surface area (Å²) in [4.78, 5) is 2.15. The Morgan fingerprint density at radius 1 is 1.22 bits per heavy atom. The number of aryl methyl sites for hydroxylation is 1. The first-order chi connectivity index (χ1) is 8.70. The third-order valence-corrected chi connectivity index (χ3v) is 3.75. The topological polar surface area (TPSA) is 9.23 Å². The van der Waals surface area contributed by atoms with Gasteiger partial charge in [0, 0.05) is 21.4 Å². The Balaban J connectivity index is 2.15. The number of unbranched alkanes of at least 4 members (excludes halogenated alkanes) is 1. The molecular formula is C15H17FOS. The van der Waals surface area contributed by atoms with Crippen molar-refractivity contribution in [3.05, 3.63) is 41.0 Å². The maximum Gasteiger partial charge on any atom is 0.135 e. The van der Waals surface area contributed by atoms with E-state index in [0.29, 0.717) is 17.9 Å². The van der Waals surface area contributed by atoms with Crippen molar-refractivity contribution in [2.75, 3.05) is 6.61 Å². The average Bonchev–Trinajstić information content (AvgIpc) is 2.76. The van der Waals surface area contributed by atoms with Crippen molar-refractivity contribution in [2.24, 2.45) is 0 Å². The van der Waals surface area contributed by atoms with E-state index in [2.05, 4.69) is 6.92 Å². The lowest BCUT2D eigenvalue weighted by atomic mass is 10.1. The van der Waals surface area contributed by atoms with Crippen molar-refractivity contribution >= 4 is 11.3 Å². The Bertz CT molecular complexity index is 519. The van der Waals surface area contributed by atoms with E-state index in [0.717, 1.165) is 17.7 Å². The monoisotopic (exact) mass is 264 g/mol. The zero-order chi connectivity index (χ0) is 13.0. The van der Waals surface area contributed by atoms with Gasteiger partial charge in [0.05, 0.1) is 6.61 Å². The third-order valence-electron chi connectivity index (χ3n) is 2.71. The van der Waals surface area contributed by atoms with Crippen LogP contribution in [0.1, 0.15) is 24.6 Å². The fourth-order valence-corrected chi connectivity index (χ4v) is 2.59. The van der Waals surface area contributed by atoms with E-state index < -0.39 is 0 Å². The minimum atomic E-state index is -0.217. The van der Waals surface area contributed by atoms with E-state index in [1.54, 1.807) is 17.4 Å². The fourth-order valence-electron chi connectivity index (χ4n) is 1.70. The van der Waals surface area contributed by atoms with Crippen molar-refractivity contribution in [3.63, 3.8) is 0 Å². The Labute approximate surface area is 111 Å². The summed E-state index contributed by atoms with van der Waals surface area (Å²) in [6.45, 7) is 4.77. The maximum absolute atomic E-state index is 14.0. The zero-order valence-corrected chi connectivity index (χ0v) is 11.5. The first-order valence-corrected chi connectivity index (χ1v) is 7.01. The fraction of sp³-hybridized carbons (Fsp3) is 0.333. The minimum Gasteiger partial charge on any atom is -0.493 e. The molecule has 96 valence electrons. The molecule has 1 aromatic carbocycles. The standard InChI is InChI=1S/C15H17FOS/c1-3-4-9-17-12-6-7-13(14(16)10-12)15-8-5-11(2)18-15/h5-8,10H,3-4,9H2,1-2H3. The number of thiophene rings is 1. The van der Waals surface area contributed by atoms with Gasteiger partial charge < -0.3 is 4.74 Å². The molecule has 18 heavy (non-hydrogen) atoms. The minimum absolute atomic E-state index is 0.217. The lowest BCUT2D eigenvalue weighted by Crippen LogP contribution is -1.97. The molecule has 1 heterocycles. The third kappa shape index (κ3) is 3.10. The van der Waals surface area contributed by atoms with Crippen LogP contribution in [0.4, 0.5) is 4.39 Å². The van der Waals surface area contributed by atoms with Crippen molar-refractivity contribution in [1.29, 1.82) is 0 Å². The van der Waals surface area contributed by atoms with Crippen LogP contribution in [-0.4, -0.2) is 6.61 Å². The molecule has 0 aliphatic heterocycles. The predicted molar refractivity (Wildman–Crippen MR) is 74.9 cm³/mol. The van der Waals surface area contributed by atoms with Gasteiger partial charge in [-0.05, 0) is 37.6 Å². The normalized spacial score (nSPS) is 10.6. The van der Waals surface area contributed by atoms with Crippen LogP contribution in [0.5, 0.6) is 5.75 Å². The molecule has 0 N–H and O–H groups in total. The molecule has 0 spiro atoms. The zero-order valence-electron chi connectivity index (χ0n) is 10.7. The summed E-state index contributed by atoms with van der Waals surface area (Å²) < 4.78 is 19.5. The second-order valence-electron chi connectivity index (χ2n) is 4.25. The molecule has 0 aliphatic rings. The largest absolute Gasteiger partial charge is 0.493 e. The smallest absolute Gasteiger partial charge is 0.135 e. The molecule has 0 bridgehead atoms. The number of hydrogen-bond donors (Lipinski definition) is 0. The quantitative estimate of drug-likeness (QED) is 0.687. The number of ether oxygens (including phenoxy) is 1. The molecule has 0 saturated heterocycles. The summed E-state index contributed by atoms with van der Waals surface area (Å²) in [5.41, 5.74) is 0.649. The molecule has 1 nitrogen and oxygen atoms in total.